The summed E-state index contributed by atoms with van der Waals surface area (Å²) in [4.78, 5) is 6.78. The first-order chi connectivity index (χ1) is 5.79. The Labute approximate surface area is 69.0 Å². The van der Waals surface area contributed by atoms with Crippen LogP contribution in [0.15, 0.2) is 24.7 Å². The summed E-state index contributed by atoms with van der Waals surface area (Å²) in [6.07, 6.45) is 4.83. The van der Waals surface area contributed by atoms with Crippen molar-refractivity contribution in [2.24, 2.45) is 0 Å². The number of hydrogen-bond donors (Lipinski definition) is 3. The molecule has 60 valence electrons. The standard InChI is InChI=1S/C7H7BN2O2/c11-8(12)6-4-9-3-5-1-2-10-7(5)6/h1-4,10-12H. The van der Waals surface area contributed by atoms with Crippen LogP contribution in [0.2, 0.25) is 0 Å². The van der Waals surface area contributed by atoms with Crippen molar-refractivity contribution in [3.05, 3.63) is 24.7 Å². The van der Waals surface area contributed by atoms with Gasteiger partial charge in [0.25, 0.3) is 0 Å². The molecule has 0 radical (unpaired) electrons. The molecule has 2 heterocycles. The van der Waals surface area contributed by atoms with E-state index >= 15 is 0 Å². The molecule has 5 heteroatoms. The van der Waals surface area contributed by atoms with Crippen molar-refractivity contribution >= 4 is 23.5 Å². The second-order valence-corrected chi connectivity index (χ2v) is 2.54. The third-order valence-electron chi connectivity index (χ3n) is 1.77. The second kappa shape index (κ2) is 2.62. The number of rotatable bonds is 1. The summed E-state index contributed by atoms with van der Waals surface area (Å²) in [6, 6.07) is 1.83. The van der Waals surface area contributed by atoms with Crippen molar-refractivity contribution in [1.29, 1.82) is 0 Å². The number of nitrogens with one attached hydrogen (secondary N) is 1. The van der Waals surface area contributed by atoms with Gasteiger partial charge in [-0.15, -0.1) is 0 Å². The third kappa shape index (κ3) is 0.994. The first kappa shape index (κ1) is 7.33. The number of pyridine rings is 1. The molecule has 0 aliphatic heterocycles. The molecule has 2 aromatic heterocycles. The number of hydrogen-bond acceptors (Lipinski definition) is 3. The zero-order chi connectivity index (χ0) is 8.55. The normalized spacial score (nSPS) is 10.5. The van der Waals surface area contributed by atoms with Crippen LogP contribution in [0.1, 0.15) is 0 Å². The molecule has 0 unspecified atom stereocenters. The van der Waals surface area contributed by atoms with E-state index in [4.69, 9.17) is 10.0 Å². The minimum Gasteiger partial charge on any atom is -0.423 e. The minimum atomic E-state index is -1.47. The van der Waals surface area contributed by atoms with Crippen LogP contribution in [0, 0.1) is 0 Å². The van der Waals surface area contributed by atoms with Gasteiger partial charge < -0.3 is 15.0 Å². The average molecular weight is 162 g/mol. The highest BCUT2D eigenvalue weighted by Crippen LogP contribution is 2.06. The van der Waals surface area contributed by atoms with Crippen LogP contribution >= 0.6 is 0 Å². The maximum atomic E-state index is 8.94. The third-order valence-corrected chi connectivity index (χ3v) is 1.77. The van der Waals surface area contributed by atoms with Crippen LogP contribution in [0.25, 0.3) is 10.9 Å². The highest BCUT2D eigenvalue weighted by Gasteiger charge is 2.15. The molecule has 0 spiro atoms. The van der Waals surface area contributed by atoms with Crippen LogP contribution in [-0.2, 0) is 0 Å². The van der Waals surface area contributed by atoms with Gasteiger partial charge >= 0.3 is 7.12 Å². The average Bonchev–Trinajstić information content (AvgIpc) is 2.49. The molecule has 0 saturated heterocycles. The zero-order valence-corrected chi connectivity index (χ0v) is 6.23. The first-order valence-corrected chi connectivity index (χ1v) is 3.56. The van der Waals surface area contributed by atoms with Crippen molar-refractivity contribution in [3.63, 3.8) is 0 Å². The monoisotopic (exact) mass is 162 g/mol. The van der Waals surface area contributed by atoms with E-state index in [0.717, 1.165) is 10.9 Å². The van der Waals surface area contributed by atoms with Crippen LogP contribution in [-0.4, -0.2) is 27.1 Å². The molecule has 3 N–H and O–H groups in total. The number of nitrogens with zero attached hydrogens (tertiary/aromatic N) is 1. The highest BCUT2D eigenvalue weighted by atomic mass is 16.4. The fourth-order valence-electron chi connectivity index (χ4n) is 1.20. The Kier molecular flexibility index (Phi) is 1.60. The molecule has 0 bridgehead atoms. The van der Waals surface area contributed by atoms with Gasteiger partial charge in [0.15, 0.2) is 0 Å². The van der Waals surface area contributed by atoms with Gasteiger partial charge in [-0.05, 0) is 6.07 Å². The Morgan fingerprint density at radius 2 is 2.17 bits per heavy atom. The number of H-pyrrole nitrogens is 1. The lowest BCUT2D eigenvalue weighted by Crippen LogP contribution is -2.30. The van der Waals surface area contributed by atoms with Gasteiger partial charge in [-0.1, -0.05) is 0 Å². The Hall–Kier alpha value is -1.33. The summed E-state index contributed by atoms with van der Waals surface area (Å²) in [6.45, 7) is 0. The van der Waals surface area contributed by atoms with Crippen molar-refractivity contribution < 1.29 is 10.0 Å². The summed E-state index contributed by atoms with van der Waals surface area (Å²) in [5, 5.41) is 18.7. The van der Waals surface area contributed by atoms with E-state index in [1.54, 1.807) is 12.4 Å². The largest absolute Gasteiger partial charge is 0.492 e. The van der Waals surface area contributed by atoms with Gasteiger partial charge in [0.05, 0.1) is 0 Å². The van der Waals surface area contributed by atoms with E-state index in [0.29, 0.717) is 5.46 Å². The van der Waals surface area contributed by atoms with Gasteiger partial charge in [-0.25, -0.2) is 0 Å². The molecule has 0 fully saturated rings. The Bertz CT molecular complexity index is 399. The van der Waals surface area contributed by atoms with E-state index in [1.165, 1.54) is 6.20 Å². The lowest BCUT2D eigenvalue weighted by Gasteiger charge is -1.99. The van der Waals surface area contributed by atoms with E-state index in [2.05, 4.69) is 9.97 Å². The molecular formula is C7H7BN2O2. The Morgan fingerprint density at radius 1 is 1.33 bits per heavy atom. The van der Waals surface area contributed by atoms with E-state index in [1.807, 2.05) is 6.07 Å². The van der Waals surface area contributed by atoms with Crippen LogP contribution in [0.4, 0.5) is 0 Å². The predicted molar refractivity (Wildman–Crippen MR) is 45.9 cm³/mol. The fraction of sp³-hybridized carbons (Fsp3) is 0. The number of aromatic amines is 1. The van der Waals surface area contributed by atoms with Gasteiger partial charge in [0.1, 0.15) is 0 Å². The van der Waals surface area contributed by atoms with E-state index < -0.39 is 7.12 Å². The molecule has 2 aromatic rings. The second-order valence-electron chi connectivity index (χ2n) is 2.54. The van der Waals surface area contributed by atoms with Crippen LogP contribution in [0.5, 0.6) is 0 Å². The summed E-state index contributed by atoms with van der Waals surface area (Å²) in [5.74, 6) is 0. The molecule has 0 aromatic carbocycles. The lowest BCUT2D eigenvalue weighted by atomic mass is 9.80. The van der Waals surface area contributed by atoms with Gasteiger partial charge in [-0.2, -0.15) is 0 Å². The smallest absolute Gasteiger partial charge is 0.423 e. The Morgan fingerprint density at radius 3 is 2.92 bits per heavy atom. The summed E-state index contributed by atoms with van der Waals surface area (Å²) < 4.78 is 0. The summed E-state index contributed by atoms with van der Waals surface area (Å²) >= 11 is 0. The first-order valence-electron chi connectivity index (χ1n) is 3.56. The van der Waals surface area contributed by atoms with Gasteiger partial charge in [-0.3, -0.25) is 4.98 Å². The molecule has 2 rings (SSSR count). The van der Waals surface area contributed by atoms with Crippen molar-refractivity contribution in [2.45, 2.75) is 0 Å². The van der Waals surface area contributed by atoms with Crippen LogP contribution < -0.4 is 5.46 Å². The maximum absolute atomic E-state index is 8.94. The van der Waals surface area contributed by atoms with Crippen molar-refractivity contribution in [2.75, 3.05) is 0 Å². The summed E-state index contributed by atoms with van der Waals surface area (Å²) in [5.41, 5.74) is 1.12. The molecule has 0 aliphatic carbocycles. The van der Waals surface area contributed by atoms with E-state index in [-0.39, 0.29) is 0 Å². The fourth-order valence-corrected chi connectivity index (χ4v) is 1.20. The van der Waals surface area contributed by atoms with Gasteiger partial charge in [0.2, 0.25) is 0 Å². The minimum absolute atomic E-state index is 0.400. The predicted octanol–water partition coefficient (Wildman–Crippen LogP) is -0.757. The molecule has 4 nitrogen and oxygen atoms in total. The molecule has 0 saturated carbocycles. The molecule has 12 heavy (non-hydrogen) atoms. The number of aromatic nitrogens is 2. The van der Waals surface area contributed by atoms with Crippen LogP contribution in [0.3, 0.4) is 0 Å². The number of fused-ring (bicyclic) bond motifs is 1. The molecule has 0 atom stereocenters. The van der Waals surface area contributed by atoms with Gasteiger partial charge in [0, 0.05) is 35.0 Å². The highest BCUT2D eigenvalue weighted by molar-refractivity contribution is 6.61. The topological polar surface area (TPSA) is 69.1 Å². The maximum Gasteiger partial charge on any atom is 0.492 e. The molecule has 0 aliphatic rings. The Balaban J connectivity index is 2.73. The SMILES string of the molecule is OB(O)c1cncc2cc[nH]c12. The van der Waals surface area contributed by atoms with E-state index in [9.17, 15) is 0 Å². The summed E-state index contributed by atoms with van der Waals surface area (Å²) in [7, 11) is -1.47. The van der Waals surface area contributed by atoms with Crippen molar-refractivity contribution in [3.8, 4) is 0 Å². The molecule has 0 amide bonds. The lowest BCUT2D eigenvalue weighted by molar-refractivity contribution is 0.426. The molecular weight excluding hydrogens is 155 g/mol. The van der Waals surface area contributed by atoms with Crippen molar-refractivity contribution in [1.82, 2.24) is 9.97 Å². The quantitative estimate of drug-likeness (QED) is 0.483. The zero-order valence-electron chi connectivity index (χ0n) is 6.23.